The Kier molecular flexibility index (Phi) is 4.35. The zero-order valence-electron chi connectivity index (χ0n) is 11.1. The van der Waals surface area contributed by atoms with E-state index in [0.29, 0.717) is 12.6 Å². The summed E-state index contributed by atoms with van der Waals surface area (Å²) in [5.41, 5.74) is 0.928. The Bertz CT molecular complexity index is 520. The first-order chi connectivity index (χ1) is 9.24. The molecule has 0 aromatic carbocycles. The largest absolute Gasteiger partial charge is 0.351 e. The number of aromatic nitrogens is 2. The highest BCUT2D eigenvalue weighted by Gasteiger charge is 2.19. The number of nitrogens with zero attached hydrogens (tertiary/aromatic N) is 3. The third-order valence-corrected chi connectivity index (χ3v) is 3.28. The smallest absolute Gasteiger partial charge is 0.261 e. The molecule has 1 aliphatic rings. The Morgan fingerprint density at radius 3 is 3.05 bits per heavy atom. The molecule has 5 nitrogen and oxygen atoms in total. The van der Waals surface area contributed by atoms with Crippen LogP contribution in [0.5, 0.6) is 0 Å². The lowest BCUT2D eigenvalue weighted by Gasteiger charge is -2.25. The quantitative estimate of drug-likeness (QED) is 0.649. The normalized spacial score (nSPS) is 15.7. The molecule has 0 atom stereocenters. The lowest BCUT2D eigenvalue weighted by Crippen LogP contribution is -2.25. The van der Waals surface area contributed by atoms with Crippen molar-refractivity contribution in [3.63, 3.8) is 0 Å². The predicted molar refractivity (Wildman–Crippen MR) is 72.0 cm³/mol. The summed E-state index contributed by atoms with van der Waals surface area (Å²) in [6, 6.07) is 2.43. The van der Waals surface area contributed by atoms with E-state index in [1.165, 1.54) is 6.42 Å². The van der Waals surface area contributed by atoms with Crippen LogP contribution in [0.15, 0.2) is 18.0 Å². The fraction of sp³-hybridized carbons (Fsp3) is 0.500. The molecule has 1 aromatic rings. The van der Waals surface area contributed by atoms with E-state index in [1.807, 2.05) is 23.9 Å². The summed E-state index contributed by atoms with van der Waals surface area (Å²) in [6.07, 6.45) is 9.60. The summed E-state index contributed by atoms with van der Waals surface area (Å²) >= 11 is 0. The van der Waals surface area contributed by atoms with Gasteiger partial charge in [0.25, 0.3) is 5.91 Å². The minimum Gasteiger partial charge on any atom is -0.351 e. The van der Waals surface area contributed by atoms with Crippen LogP contribution < -0.4 is 5.32 Å². The molecule has 0 unspecified atom stereocenters. The molecular weight excluding hydrogens is 240 g/mol. The molecule has 0 bridgehead atoms. The van der Waals surface area contributed by atoms with Gasteiger partial charge in [-0.2, -0.15) is 10.4 Å². The van der Waals surface area contributed by atoms with Crippen LogP contribution in [-0.4, -0.2) is 22.2 Å². The zero-order valence-corrected chi connectivity index (χ0v) is 11.1. The van der Waals surface area contributed by atoms with Gasteiger partial charge in [-0.05, 0) is 31.8 Å². The first-order valence-electron chi connectivity index (χ1n) is 6.68. The molecule has 2 rings (SSSR count). The number of amides is 1. The van der Waals surface area contributed by atoms with Crippen molar-refractivity contribution < 1.29 is 4.79 Å². The Balaban J connectivity index is 2.06. The third-order valence-electron chi connectivity index (χ3n) is 3.28. The minimum atomic E-state index is -0.319. The molecule has 1 aliphatic carbocycles. The molecule has 100 valence electrons. The topological polar surface area (TPSA) is 70.7 Å². The first-order valence-corrected chi connectivity index (χ1v) is 6.68. The Labute approximate surface area is 112 Å². The molecule has 5 heteroatoms. The minimum absolute atomic E-state index is 0.126. The van der Waals surface area contributed by atoms with Gasteiger partial charge in [0, 0.05) is 18.3 Å². The van der Waals surface area contributed by atoms with Crippen molar-refractivity contribution in [3.8, 4) is 6.07 Å². The summed E-state index contributed by atoms with van der Waals surface area (Å²) < 4.78 is 1.92. The van der Waals surface area contributed by atoms with Crippen molar-refractivity contribution in [2.45, 2.75) is 38.6 Å². The van der Waals surface area contributed by atoms with E-state index in [0.717, 1.165) is 24.8 Å². The summed E-state index contributed by atoms with van der Waals surface area (Å²) in [5, 5.41) is 16.0. The Hall–Kier alpha value is -2.09. The second-order valence-corrected chi connectivity index (χ2v) is 4.76. The van der Waals surface area contributed by atoms with Crippen LogP contribution >= 0.6 is 0 Å². The number of hydrogen-bond acceptors (Lipinski definition) is 3. The van der Waals surface area contributed by atoms with Crippen LogP contribution in [-0.2, 0) is 4.79 Å². The van der Waals surface area contributed by atoms with Crippen LogP contribution in [0, 0.1) is 11.3 Å². The van der Waals surface area contributed by atoms with Gasteiger partial charge in [-0.3, -0.25) is 9.48 Å². The van der Waals surface area contributed by atoms with E-state index in [9.17, 15) is 4.79 Å². The van der Waals surface area contributed by atoms with Crippen molar-refractivity contribution in [2.24, 2.45) is 0 Å². The van der Waals surface area contributed by atoms with E-state index in [2.05, 4.69) is 10.4 Å². The third kappa shape index (κ3) is 3.22. The molecule has 1 saturated carbocycles. The van der Waals surface area contributed by atoms with Crippen LogP contribution in [0.1, 0.15) is 44.2 Å². The molecule has 1 N–H and O–H groups in total. The molecule has 1 heterocycles. The van der Waals surface area contributed by atoms with Crippen LogP contribution in [0.3, 0.4) is 0 Å². The second kappa shape index (κ2) is 6.19. The van der Waals surface area contributed by atoms with Gasteiger partial charge in [0.1, 0.15) is 11.6 Å². The summed E-state index contributed by atoms with van der Waals surface area (Å²) in [7, 11) is 0. The van der Waals surface area contributed by atoms with E-state index in [4.69, 9.17) is 5.26 Å². The number of nitriles is 1. The number of hydrogen-bond donors (Lipinski definition) is 1. The molecule has 0 radical (unpaired) electrons. The fourth-order valence-corrected chi connectivity index (χ4v) is 1.93. The van der Waals surface area contributed by atoms with E-state index < -0.39 is 0 Å². The molecule has 19 heavy (non-hydrogen) atoms. The average molecular weight is 258 g/mol. The van der Waals surface area contributed by atoms with Crippen molar-refractivity contribution >= 4 is 12.0 Å². The van der Waals surface area contributed by atoms with E-state index in [-0.39, 0.29) is 11.5 Å². The second-order valence-electron chi connectivity index (χ2n) is 4.76. The summed E-state index contributed by atoms with van der Waals surface area (Å²) in [5.74, 6) is -0.319. The molecular formula is C14H18N4O. The molecule has 1 aromatic heterocycles. The fourth-order valence-electron chi connectivity index (χ4n) is 1.93. The van der Waals surface area contributed by atoms with Gasteiger partial charge in [-0.15, -0.1) is 0 Å². The predicted octanol–water partition coefficient (Wildman–Crippen LogP) is 2.04. The maximum absolute atomic E-state index is 11.7. The number of nitrogens with one attached hydrogen (secondary N) is 1. The van der Waals surface area contributed by atoms with E-state index in [1.54, 1.807) is 12.3 Å². The first kappa shape index (κ1) is 13.3. The maximum atomic E-state index is 11.7. The van der Waals surface area contributed by atoms with Crippen molar-refractivity contribution in [2.75, 3.05) is 6.54 Å². The SMILES string of the molecule is CCCNC(=O)/C(C#N)=C/c1cnn(C2CCC2)c1. The summed E-state index contributed by atoms with van der Waals surface area (Å²) in [6.45, 7) is 2.55. The maximum Gasteiger partial charge on any atom is 0.261 e. The highest BCUT2D eigenvalue weighted by atomic mass is 16.1. The van der Waals surface area contributed by atoms with Crippen LogP contribution in [0.25, 0.3) is 6.08 Å². The number of rotatable bonds is 5. The van der Waals surface area contributed by atoms with Crippen molar-refractivity contribution in [1.29, 1.82) is 5.26 Å². The summed E-state index contributed by atoms with van der Waals surface area (Å²) in [4.78, 5) is 11.7. The van der Waals surface area contributed by atoms with Gasteiger partial charge in [-0.25, -0.2) is 0 Å². The Morgan fingerprint density at radius 1 is 1.68 bits per heavy atom. The van der Waals surface area contributed by atoms with Gasteiger partial charge in [0.15, 0.2) is 0 Å². The van der Waals surface area contributed by atoms with E-state index >= 15 is 0 Å². The average Bonchev–Trinajstić information content (AvgIpc) is 2.79. The highest BCUT2D eigenvalue weighted by molar-refractivity contribution is 6.01. The van der Waals surface area contributed by atoms with Crippen LogP contribution in [0.2, 0.25) is 0 Å². The Morgan fingerprint density at radius 2 is 2.47 bits per heavy atom. The zero-order chi connectivity index (χ0) is 13.7. The van der Waals surface area contributed by atoms with Crippen molar-refractivity contribution in [3.05, 3.63) is 23.5 Å². The number of carbonyl (C=O) groups is 1. The lowest BCUT2D eigenvalue weighted by atomic mass is 9.93. The highest BCUT2D eigenvalue weighted by Crippen LogP contribution is 2.30. The monoisotopic (exact) mass is 258 g/mol. The molecule has 0 aliphatic heterocycles. The van der Waals surface area contributed by atoms with Crippen LogP contribution in [0.4, 0.5) is 0 Å². The standard InChI is InChI=1S/C14H18N4O/c1-2-6-16-14(19)12(8-15)7-11-9-17-18(10-11)13-4-3-5-13/h7,9-10,13H,2-6H2,1H3,(H,16,19)/b12-7+. The van der Waals surface area contributed by atoms with Crippen molar-refractivity contribution in [1.82, 2.24) is 15.1 Å². The number of carbonyl (C=O) groups excluding carboxylic acids is 1. The lowest BCUT2D eigenvalue weighted by molar-refractivity contribution is -0.117. The van der Waals surface area contributed by atoms with Gasteiger partial charge in [-0.1, -0.05) is 6.92 Å². The molecule has 1 fully saturated rings. The van der Waals surface area contributed by atoms with Gasteiger partial charge >= 0.3 is 0 Å². The van der Waals surface area contributed by atoms with Gasteiger partial charge in [0.2, 0.25) is 0 Å². The molecule has 0 saturated heterocycles. The van der Waals surface area contributed by atoms with Gasteiger partial charge in [0.05, 0.1) is 12.2 Å². The van der Waals surface area contributed by atoms with Gasteiger partial charge < -0.3 is 5.32 Å². The molecule has 1 amide bonds. The molecule has 0 spiro atoms.